The van der Waals surface area contributed by atoms with Crippen LogP contribution in [-0.4, -0.2) is 42.2 Å². The molecule has 25 heavy (non-hydrogen) atoms. The maximum absolute atomic E-state index is 12.4. The molecule has 2 heterocycles. The summed E-state index contributed by atoms with van der Waals surface area (Å²) in [6.45, 7) is 0. The number of urea groups is 1. The minimum Gasteiger partial charge on any atom is -0.497 e. The maximum atomic E-state index is 12.4. The van der Waals surface area contributed by atoms with Gasteiger partial charge in [0.1, 0.15) is 5.75 Å². The Morgan fingerprint density at radius 3 is 2.48 bits per heavy atom. The zero-order valence-electron chi connectivity index (χ0n) is 15.0. The van der Waals surface area contributed by atoms with Gasteiger partial charge in [-0.3, -0.25) is 4.90 Å². The zero-order chi connectivity index (χ0) is 17.2. The van der Waals surface area contributed by atoms with Gasteiger partial charge in [-0.05, 0) is 50.7 Å². The van der Waals surface area contributed by atoms with E-state index in [1.54, 1.807) is 7.11 Å². The number of methoxy groups -OCH3 is 1. The number of rotatable bonds is 4. The van der Waals surface area contributed by atoms with Crippen molar-refractivity contribution in [1.29, 1.82) is 0 Å². The van der Waals surface area contributed by atoms with Crippen molar-refractivity contribution in [3.05, 3.63) is 24.3 Å². The summed E-state index contributed by atoms with van der Waals surface area (Å²) in [6, 6.07) is 9.82. The van der Waals surface area contributed by atoms with Crippen molar-refractivity contribution in [2.45, 2.75) is 75.5 Å². The first-order valence-electron chi connectivity index (χ1n) is 9.72. The summed E-state index contributed by atoms with van der Waals surface area (Å²) in [6.07, 6.45) is 10.3. The van der Waals surface area contributed by atoms with Crippen LogP contribution in [0.3, 0.4) is 0 Å². The highest BCUT2D eigenvalue weighted by molar-refractivity contribution is 5.89. The van der Waals surface area contributed by atoms with Crippen molar-refractivity contribution in [2.75, 3.05) is 12.4 Å². The number of fused-ring (bicyclic) bond motifs is 2. The van der Waals surface area contributed by atoms with Crippen LogP contribution in [0.1, 0.15) is 51.4 Å². The highest BCUT2D eigenvalue weighted by Crippen LogP contribution is 2.41. The van der Waals surface area contributed by atoms with Crippen LogP contribution in [0.25, 0.3) is 0 Å². The van der Waals surface area contributed by atoms with Crippen LogP contribution in [-0.2, 0) is 0 Å². The van der Waals surface area contributed by atoms with Crippen LogP contribution in [0, 0.1) is 0 Å². The van der Waals surface area contributed by atoms with E-state index in [2.05, 4.69) is 15.5 Å². The van der Waals surface area contributed by atoms with E-state index < -0.39 is 0 Å². The minimum atomic E-state index is -0.105. The first-order chi connectivity index (χ1) is 12.2. The molecular weight excluding hydrogens is 314 g/mol. The maximum Gasteiger partial charge on any atom is 0.319 e. The smallest absolute Gasteiger partial charge is 0.319 e. The van der Waals surface area contributed by atoms with Gasteiger partial charge < -0.3 is 15.4 Å². The number of carbonyl (C=O) groups excluding carboxylic acids is 1. The molecule has 2 amide bonds. The number of hydrogen-bond donors (Lipinski definition) is 2. The van der Waals surface area contributed by atoms with Crippen molar-refractivity contribution >= 4 is 11.7 Å². The third-order valence-electron chi connectivity index (χ3n) is 6.20. The average Bonchev–Trinajstić information content (AvgIpc) is 3.21. The van der Waals surface area contributed by atoms with Gasteiger partial charge in [0, 0.05) is 35.9 Å². The molecule has 3 fully saturated rings. The van der Waals surface area contributed by atoms with Crippen molar-refractivity contribution < 1.29 is 9.53 Å². The first-order valence-corrected chi connectivity index (χ1v) is 9.72. The largest absolute Gasteiger partial charge is 0.497 e. The van der Waals surface area contributed by atoms with Gasteiger partial charge in [0.15, 0.2) is 0 Å². The Bertz CT molecular complexity index is 601. The van der Waals surface area contributed by atoms with Crippen molar-refractivity contribution in [2.24, 2.45) is 0 Å². The van der Waals surface area contributed by atoms with E-state index in [0.717, 1.165) is 30.3 Å². The molecule has 2 atom stereocenters. The van der Waals surface area contributed by atoms with Crippen LogP contribution in [0.4, 0.5) is 10.5 Å². The zero-order valence-corrected chi connectivity index (χ0v) is 15.0. The van der Waals surface area contributed by atoms with Gasteiger partial charge in [0.2, 0.25) is 0 Å². The first kappa shape index (κ1) is 16.7. The number of amides is 2. The fourth-order valence-corrected chi connectivity index (χ4v) is 5.18. The van der Waals surface area contributed by atoms with Crippen molar-refractivity contribution in [1.82, 2.24) is 10.2 Å². The Balaban J connectivity index is 1.32. The van der Waals surface area contributed by atoms with Crippen LogP contribution >= 0.6 is 0 Å². The molecular formula is C20H29N3O2. The fourth-order valence-electron chi connectivity index (χ4n) is 5.18. The van der Waals surface area contributed by atoms with E-state index in [-0.39, 0.29) is 6.03 Å². The van der Waals surface area contributed by atoms with E-state index >= 15 is 0 Å². The van der Waals surface area contributed by atoms with E-state index in [4.69, 9.17) is 4.74 Å². The molecule has 0 aromatic heterocycles. The van der Waals surface area contributed by atoms with Gasteiger partial charge >= 0.3 is 6.03 Å². The summed E-state index contributed by atoms with van der Waals surface area (Å²) in [5.74, 6) is 0.751. The molecule has 1 aliphatic carbocycles. The number of benzene rings is 1. The minimum absolute atomic E-state index is 0.105. The normalized spacial score (nSPS) is 29.6. The van der Waals surface area contributed by atoms with E-state index in [9.17, 15) is 4.79 Å². The van der Waals surface area contributed by atoms with Gasteiger partial charge in [-0.2, -0.15) is 0 Å². The molecule has 0 radical (unpaired) electrons. The lowest BCUT2D eigenvalue weighted by Crippen LogP contribution is -2.53. The highest BCUT2D eigenvalue weighted by atomic mass is 16.5. The SMILES string of the molecule is COc1cccc(NC(=O)NC2CC3CCC(C2)N3C2CCCC2)c1. The molecule has 1 aromatic carbocycles. The predicted molar refractivity (Wildman–Crippen MR) is 99.1 cm³/mol. The molecule has 4 rings (SSSR count). The van der Waals surface area contributed by atoms with Gasteiger partial charge in [0.25, 0.3) is 0 Å². The molecule has 5 heteroatoms. The third-order valence-corrected chi connectivity index (χ3v) is 6.20. The second-order valence-electron chi connectivity index (χ2n) is 7.77. The van der Waals surface area contributed by atoms with Gasteiger partial charge in [0.05, 0.1) is 7.11 Å². The highest BCUT2D eigenvalue weighted by Gasteiger charge is 2.44. The molecule has 0 spiro atoms. The van der Waals surface area contributed by atoms with E-state index in [1.165, 1.54) is 38.5 Å². The van der Waals surface area contributed by atoms with Crippen molar-refractivity contribution in [3.8, 4) is 5.75 Å². The summed E-state index contributed by atoms with van der Waals surface area (Å²) < 4.78 is 5.21. The second kappa shape index (κ2) is 7.24. The molecule has 2 N–H and O–H groups in total. The van der Waals surface area contributed by atoms with Crippen molar-refractivity contribution in [3.63, 3.8) is 0 Å². The topological polar surface area (TPSA) is 53.6 Å². The molecule has 3 aliphatic rings. The summed E-state index contributed by atoms with van der Waals surface area (Å²) >= 11 is 0. The monoisotopic (exact) mass is 343 g/mol. The number of anilines is 1. The number of nitrogens with one attached hydrogen (secondary N) is 2. The summed E-state index contributed by atoms with van der Waals surface area (Å²) in [5.41, 5.74) is 0.767. The number of piperidine rings is 1. The summed E-state index contributed by atoms with van der Waals surface area (Å²) in [5, 5.41) is 6.14. The van der Waals surface area contributed by atoms with Gasteiger partial charge in [-0.25, -0.2) is 4.79 Å². The Labute approximate surface area is 150 Å². The molecule has 136 valence electrons. The molecule has 2 saturated heterocycles. The molecule has 2 unspecified atom stereocenters. The van der Waals surface area contributed by atoms with Crippen LogP contribution < -0.4 is 15.4 Å². The standard InChI is InChI=1S/C20H29N3O2/c1-25-19-8-4-5-14(13-19)21-20(24)22-15-11-17-9-10-18(12-15)23(17)16-6-2-3-7-16/h4-5,8,13,15-18H,2-3,6-7,9-12H2,1H3,(H2,21,22,24). The molecule has 1 aromatic rings. The molecule has 2 bridgehead atoms. The summed E-state index contributed by atoms with van der Waals surface area (Å²) in [4.78, 5) is 15.2. The fraction of sp³-hybridized carbons (Fsp3) is 0.650. The predicted octanol–water partition coefficient (Wildman–Crippen LogP) is 3.75. The quantitative estimate of drug-likeness (QED) is 0.875. The average molecular weight is 343 g/mol. The number of hydrogen-bond acceptors (Lipinski definition) is 3. The number of carbonyl (C=O) groups is 1. The summed E-state index contributed by atoms with van der Waals surface area (Å²) in [7, 11) is 1.63. The lowest BCUT2D eigenvalue weighted by Gasteiger charge is -2.42. The lowest BCUT2D eigenvalue weighted by molar-refractivity contribution is 0.0747. The second-order valence-corrected chi connectivity index (χ2v) is 7.77. The Morgan fingerprint density at radius 2 is 1.80 bits per heavy atom. The van der Waals surface area contributed by atoms with Crippen LogP contribution in [0.5, 0.6) is 5.75 Å². The Morgan fingerprint density at radius 1 is 1.08 bits per heavy atom. The van der Waals surface area contributed by atoms with E-state index in [0.29, 0.717) is 18.1 Å². The molecule has 2 aliphatic heterocycles. The Hall–Kier alpha value is -1.75. The van der Waals surface area contributed by atoms with Crippen LogP contribution in [0.15, 0.2) is 24.3 Å². The third kappa shape index (κ3) is 3.61. The molecule has 5 nitrogen and oxygen atoms in total. The van der Waals surface area contributed by atoms with Crippen LogP contribution in [0.2, 0.25) is 0 Å². The number of ether oxygens (including phenoxy) is 1. The Kier molecular flexibility index (Phi) is 4.84. The lowest BCUT2D eigenvalue weighted by atomic mass is 9.95. The number of nitrogens with zero attached hydrogens (tertiary/aromatic N) is 1. The van der Waals surface area contributed by atoms with E-state index in [1.807, 2.05) is 24.3 Å². The van der Waals surface area contributed by atoms with Gasteiger partial charge in [-0.15, -0.1) is 0 Å². The van der Waals surface area contributed by atoms with Gasteiger partial charge in [-0.1, -0.05) is 18.9 Å². The molecule has 1 saturated carbocycles.